The molecule has 0 fully saturated rings. The molecular weight excluding hydrogens is 260 g/mol. The van der Waals surface area contributed by atoms with Gasteiger partial charge in [-0.15, -0.1) is 0 Å². The summed E-state index contributed by atoms with van der Waals surface area (Å²) < 4.78 is 2.00. The van der Waals surface area contributed by atoms with Crippen LogP contribution in [0, 0.1) is 0 Å². The van der Waals surface area contributed by atoms with Crippen molar-refractivity contribution < 1.29 is 9.90 Å². The summed E-state index contributed by atoms with van der Waals surface area (Å²) >= 11 is 1.28. The van der Waals surface area contributed by atoms with Gasteiger partial charge in [0.15, 0.2) is 5.16 Å². The number of aliphatic carboxylic acids is 1. The molecule has 0 amide bonds. The van der Waals surface area contributed by atoms with Gasteiger partial charge < -0.3 is 9.67 Å². The Balaban J connectivity index is 2.02. The van der Waals surface area contributed by atoms with Crippen molar-refractivity contribution in [1.82, 2.24) is 9.55 Å². The van der Waals surface area contributed by atoms with Crippen LogP contribution in [0.5, 0.6) is 0 Å². The topological polar surface area (TPSA) is 55.1 Å². The van der Waals surface area contributed by atoms with Gasteiger partial charge in [-0.25, -0.2) is 4.98 Å². The molecule has 2 aromatic rings. The summed E-state index contributed by atoms with van der Waals surface area (Å²) in [7, 11) is 1.95. The first-order chi connectivity index (χ1) is 9.15. The molecule has 0 saturated heterocycles. The second kappa shape index (κ2) is 4.89. The van der Waals surface area contributed by atoms with E-state index in [4.69, 9.17) is 5.11 Å². The number of thioether (sulfide) groups is 1. The molecule has 0 atom stereocenters. The lowest BCUT2D eigenvalue weighted by Crippen LogP contribution is -2.02. The van der Waals surface area contributed by atoms with Gasteiger partial charge in [-0.2, -0.15) is 0 Å². The van der Waals surface area contributed by atoms with Gasteiger partial charge in [0.1, 0.15) is 0 Å². The quantitative estimate of drug-likeness (QED) is 0.876. The summed E-state index contributed by atoms with van der Waals surface area (Å²) in [6, 6.07) is 4.40. The normalized spacial score (nSPS) is 14.6. The van der Waals surface area contributed by atoms with E-state index in [2.05, 4.69) is 17.1 Å². The predicted octanol–water partition coefficient (Wildman–Crippen LogP) is 2.63. The highest BCUT2D eigenvalue weighted by atomic mass is 32.2. The maximum atomic E-state index is 10.7. The van der Waals surface area contributed by atoms with Crippen LogP contribution in [0.3, 0.4) is 0 Å². The average molecular weight is 276 g/mol. The predicted molar refractivity (Wildman–Crippen MR) is 75.7 cm³/mol. The zero-order valence-corrected chi connectivity index (χ0v) is 11.7. The fourth-order valence-electron chi connectivity index (χ4n) is 2.65. The van der Waals surface area contributed by atoms with Crippen LogP contribution in [-0.2, 0) is 24.7 Å². The summed E-state index contributed by atoms with van der Waals surface area (Å²) in [6.07, 6.45) is 4.80. The Labute approximate surface area is 115 Å². The SMILES string of the molecule is Cn1c(SCC(=O)O)nc2cc3c(cc21)CCCC3. The number of carboxylic acids is 1. The van der Waals surface area contributed by atoms with E-state index in [-0.39, 0.29) is 5.75 Å². The number of hydrogen-bond acceptors (Lipinski definition) is 3. The number of aryl methyl sites for hydroxylation is 3. The molecule has 3 rings (SSSR count). The highest BCUT2D eigenvalue weighted by Gasteiger charge is 2.15. The molecule has 0 unspecified atom stereocenters. The van der Waals surface area contributed by atoms with Crippen molar-refractivity contribution in [3.05, 3.63) is 23.3 Å². The van der Waals surface area contributed by atoms with Gasteiger partial charge in [-0.3, -0.25) is 4.79 Å². The van der Waals surface area contributed by atoms with E-state index in [1.807, 2.05) is 11.6 Å². The van der Waals surface area contributed by atoms with Crippen LogP contribution in [0.1, 0.15) is 24.0 Å². The molecule has 0 spiro atoms. The molecule has 4 nitrogen and oxygen atoms in total. The molecule has 1 aromatic heterocycles. The van der Waals surface area contributed by atoms with Crippen molar-refractivity contribution in [3.63, 3.8) is 0 Å². The van der Waals surface area contributed by atoms with Crippen LogP contribution in [0.15, 0.2) is 17.3 Å². The number of fused-ring (bicyclic) bond motifs is 2. The van der Waals surface area contributed by atoms with E-state index in [9.17, 15) is 4.79 Å². The Morgan fingerprint density at radius 2 is 2.05 bits per heavy atom. The van der Waals surface area contributed by atoms with Gasteiger partial charge in [0.2, 0.25) is 0 Å². The molecule has 5 heteroatoms. The standard InChI is InChI=1S/C14H16N2O2S/c1-16-12-7-10-5-3-2-4-9(10)6-11(12)15-14(16)19-8-13(17)18/h6-7H,2-5,8H2,1H3,(H,17,18). The molecule has 0 aliphatic heterocycles. The van der Waals surface area contributed by atoms with E-state index >= 15 is 0 Å². The van der Waals surface area contributed by atoms with E-state index in [0.29, 0.717) is 0 Å². The molecule has 19 heavy (non-hydrogen) atoms. The number of carboxylic acid groups (broad SMARTS) is 1. The van der Waals surface area contributed by atoms with Crippen LogP contribution in [0.2, 0.25) is 0 Å². The van der Waals surface area contributed by atoms with Crippen molar-refractivity contribution in [3.8, 4) is 0 Å². The molecule has 0 saturated carbocycles. The van der Waals surface area contributed by atoms with Gasteiger partial charge in [-0.05, 0) is 48.9 Å². The second-order valence-electron chi connectivity index (χ2n) is 4.95. The van der Waals surface area contributed by atoms with Crippen LogP contribution in [-0.4, -0.2) is 26.4 Å². The minimum absolute atomic E-state index is 0.0525. The number of hydrogen-bond donors (Lipinski definition) is 1. The smallest absolute Gasteiger partial charge is 0.313 e. The summed E-state index contributed by atoms with van der Waals surface area (Å²) in [5.74, 6) is -0.756. The zero-order chi connectivity index (χ0) is 13.4. The zero-order valence-electron chi connectivity index (χ0n) is 10.8. The number of rotatable bonds is 3. The first-order valence-electron chi connectivity index (χ1n) is 6.48. The maximum Gasteiger partial charge on any atom is 0.313 e. The van der Waals surface area contributed by atoms with Crippen LogP contribution >= 0.6 is 11.8 Å². The third-order valence-corrected chi connectivity index (χ3v) is 4.64. The largest absolute Gasteiger partial charge is 0.481 e. The van der Waals surface area contributed by atoms with E-state index < -0.39 is 5.97 Å². The third kappa shape index (κ3) is 2.34. The molecule has 1 N–H and O–H groups in total. The summed E-state index contributed by atoms with van der Waals surface area (Å²) in [6.45, 7) is 0. The highest BCUT2D eigenvalue weighted by Crippen LogP contribution is 2.29. The molecule has 0 bridgehead atoms. The highest BCUT2D eigenvalue weighted by molar-refractivity contribution is 7.99. The lowest BCUT2D eigenvalue weighted by Gasteiger charge is -2.15. The van der Waals surface area contributed by atoms with Crippen molar-refractivity contribution in [2.24, 2.45) is 7.05 Å². The molecule has 1 aliphatic carbocycles. The summed E-state index contributed by atoms with van der Waals surface area (Å²) in [5.41, 5.74) is 4.92. The molecular formula is C14H16N2O2S. The van der Waals surface area contributed by atoms with Crippen LogP contribution in [0.25, 0.3) is 11.0 Å². The van der Waals surface area contributed by atoms with Gasteiger partial charge in [0.05, 0.1) is 16.8 Å². The van der Waals surface area contributed by atoms with Crippen LogP contribution < -0.4 is 0 Å². The molecule has 1 aliphatic rings. The minimum atomic E-state index is -0.809. The molecule has 100 valence electrons. The van der Waals surface area contributed by atoms with Crippen molar-refractivity contribution in [1.29, 1.82) is 0 Å². The van der Waals surface area contributed by atoms with E-state index in [1.54, 1.807) is 0 Å². The Morgan fingerprint density at radius 3 is 2.74 bits per heavy atom. The van der Waals surface area contributed by atoms with Crippen LogP contribution in [0.4, 0.5) is 0 Å². The van der Waals surface area contributed by atoms with Gasteiger partial charge >= 0.3 is 5.97 Å². The average Bonchev–Trinajstić information content (AvgIpc) is 2.70. The molecule has 1 aromatic carbocycles. The van der Waals surface area contributed by atoms with Crippen molar-refractivity contribution in [2.45, 2.75) is 30.8 Å². The number of benzene rings is 1. The van der Waals surface area contributed by atoms with E-state index in [1.165, 1.54) is 35.7 Å². The minimum Gasteiger partial charge on any atom is -0.481 e. The first-order valence-corrected chi connectivity index (χ1v) is 7.46. The first kappa shape index (κ1) is 12.5. The number of carbonyl (C=O) groups is 1. The fraction of sp³-hybridized carbons (Fsp3) is 0.429. The Kier molecular flexibility index (Phi) is 3.22. The monoisotopic (exact) mass is 276 g/mol. The Hall–Kier alpha value is -1.49. The van der Waals surface area contributed by atoms with E-state index in [0.717, 1.165) is 29.0 Å². The molecule has 0 radical (unpaired) electrons. The lowest BCUT2D eigenvalue weighted by atomic mass is 9.91. The number of nitrogens with zero attached hydrogens (tertiary/aromatic N) is 2. The summed E-state index contributed by atoms with van der Waals surface area (Å²) in [5, 5.41) is 9.53. The van der Waals surface area contributed by atoms with Crippen molar-refractivity contribution in [2.75, 3.05) is 5.75 Å². The van der Waals surface area contributed by atoms with Gasteiger partial charge in [0, 0.05) is 7.05 Å². The lowest BCUT2D eigenvalue weighted by molar-refractivity contribution is -0.133. The Bertz CT molecular complexity index is 648. The Morgan fingerprint density at radius 1 is 1.37 bits per heavy atom. The number of aromatic nitrogens is 2. The number of imidazole rings is 1. The van der Waals surface area contributed by atoms with Gasteiger partial charge in [-0.1, -0.05) is 11.8 Å². The summed E-state index contributed by atoms with van der Waals surface area (Å²) in [4.78, 5) is 15.2. The maximum absolute atomic E-state index is 10.7. The van der Waals surface area contributed by atoms with Gasteiger partial charge in [0.25, 0.3) is 0 Å². The molecule has 1 heterocycles. The third-order valence-electron chi connectivity index (χ3n) is 3.63. The fourth-order valence-corrected chi connectivity index (χ4v) is 3.36. The van der Waals surface area contributed by atoms with Crippen molar-refractivity contribution >= 4 is 28.8 Å². The second-order valence-corrected chi connectivity index (χ2v) is 5.90.